The largest absolute Gasteiger partial charge is 0.335 e. The highest BCUT2D eigenvalue weighted by Crippen LogP contribution is 2.52. The SMILES string of the molecule is CC1(C)c2ccccc2N2CC(=O)N[C@]21/C=C\c1cccc2ccccc12. The van der Waals surface area contributed by atoms with Gasteiger partial charge < -0.3 is 10.2 Å². The van der Waals surface area contributed by atoms with Gasteiger partial charge in [-0.05, 0) is 34.0 Å². The molecule has 2 aliphatic heterocycles. The topological polar surface area (TPSA) is 32.3 Å². The molecule has 5 rings (SSSR count). The number of hydrogen-bond acceptors (Lipinski definition) is 2. The molecule has 3 aromatic carbocycles. The minimum absolute atomic E-state index is 0.0696. The minimum atomic E-state index is -0.551. The number of para-hydroxylation sites is 1. The van der Waals surface area contributed by atoms with Crippen molar-refractivity contribution in [3.05, 3.63) is 83.9 Å². The van der Waals surface area contributed by atoms with Gasteiger partial charge in [0.1, 0.15) is 5.66 Å². The van der Waals surface area contributed by atoms with Gasteiger partial charge in [-0.15, -0.1) is 0 Å². The number of nitrogens with zero attached hydrogens (tertiary/aromatic N) is 1. The molecular weight excluding hydrogens is 332 g/mol. The van der Waals surface area contributed by atoms with Gasteiger partial charge >= 0.3 is 0 Å². The van der Waals surface area contributed by atoms with Crippen molar-refractivity contribution < 1.29 is 4.79 Å². The summed E-state index contributed by atoms with van der Waals surface area (Å²) in [6.45, 7) is 4.82. The van der Waals surface area contributed by atoms with E-state index in [4.69, 9.17) is 0 Å². The molecule has 1 atom stereocenters. The summed E-state index contributed by atoms with van der Waals surface area (Å²) in [4.78, 5) is 14.6. The van der Waals surface area contributed by atoms with Crippen LogP contribution in [0.1, 0.15) is 25.0 Å². The highest BCUT2D eigenvalue weighted by molar-refractivity contribution is 5.93. The van der Waals surface area contributed by atoms with Crippen LogP contribution < -0.4 is 10.2 Å². The van der Waals surface area contributed by atoms with Crippen LogP contribution in [0.15, 0.2) is 72.8 Å². The number of benzene rings is 3. The van der Waals surface area contributed by atoms with Crippen molar-refractivity contribution in [1.29, 1.82) is 0 Å². The van der Waals surface area contributed by atoms with Crippen LogP contribution in [0.5, 0.6) is 0 Å². The Kier molecular flexibility index (Phi) is 3.26. The van der Waals surface area contributed by atoms with Crippen molar-refractivity contribution in [3.8, 4) is 0 Å². The first-order valence-corrected chi connectivity index (χ1v) is 9.38. The van der Waals surface area contributed by atoms with Crippen molar-refractivity contribution in [2.75, 3.05) is 11.4 Å². The van der Waals surface area contributed by atoms with E-state index >= 15 is 0 Å². The average molecular weight is 354 g/mol. The van der Waals surface area contributed by atoms with E-state index in [2.05, 4.69) is 96.9 Å². The van der Waals surface area contributed by atoms with Crippen molar-refractivity contribution in [3.63, 3.8) is 0 Å². The molecule has 0 aromatic heterocycles. The zero-order chi connectivity index (χ0) is 18.6. The Hall–Kier alpha value is -3.07. The van der Waals surface area contributed by atoms with E-state index < -0.39 is 5.66 Å². The fraction of sp³-hybridized carbons (Fsp3) is 0.208. The van der Waals surface area contributed by atoms with E-state index in [0.717, 1.165) is 11.3 Å². The van der Waals surface area contributed by atoms with Gasteiger partial charge in [0.2, 0.25) is 5.91 Å². The van der Waals surface area contributed by atoms with E-state index in [0.29, 0.717) is 6.54 Å². The summed E-state index contributed by atoms with van der Waals surface area (Å²) in [7, 11) is 0. The van der Waals surface area contributed by atoms with Crippen LogP contribution in [-0.4, -0.2) is 18.1 Å². The quantitative estimate of drug-likeness (QED) is 0.736. The Morgan fingerprint density at radius 1 is 0.963 bits per heavy atom. The van der Waals surface area contributed by atoms with E-state index in [1.54, 1.807) is 0 Å². The number of amides is 1. The lowest BCUT2D eigenvalue weighted by atomic mass is 9.75. The third-order valence-electron chi connectivity index (χ3n) is 6.21. The predicted octanol–water partition coefficient (Wildman–Crippen LogP) is 4.48. The van der Waals surface area contributed by atoms with Gasteiger partial charge in [-0.2, -0.15) is 0 Å². The fourth-order valence-electron chi connectivity index (χ4n) is 4.75. The molecule has 1 N–H and O–H groups in total. The van der Waals surface area contributed by atoms with Crippen LogP contribution >= 0.6 is 0 Å². The Balaban J connectivity index is 1.67. The van der Waals surface area contributed by atoms with Crippen molar-refractivity contribution in [2.45, 2.75) is 24.9 Å². The molecule has 1 amide bonds. The maximum absolute atomic E-state index is 12.4. The van der Waals surface area contributed by atoms with Gasteiger partial charge in [0.15, 0.2) is 0 Å². The molecule has 0 unspecified atom stereocenters. The summed E-state index contributed by atoms with van der Waals surface area (Å²) in [6, 6.07) is 23.2. The first kappa shape index (κ1) is 16.1. The molecule has 0 aliphatic carbocycles. The second kappa shape index (κ2) is 5.46. The smallest absolute Gasteiger partial charge is 0.241 e. The van der Waals surface area contributed by atoms with Gasteiger partial charge in [0.25, 0.3) is 0 Å². The molecule has 1 saturated heterocycles. The molecular formula is C24H22N2O. The highest BCUT2D eigenvalue weighted by Gasteiger charge is 2.59. The molecule has 3 aromatic rings. The van der Waals surface area contributed by atoms with Crippen LogP contribution in [0.2, 0.25) is 0 Å². The molecule has 2 aliphatic rings. The molecule has 134 valence electrons. The number of fused-ring (bicyclic) bond motifs is 4. The number of nitrogens with one attached hydrogen (secondary N) is 1. The van der Waals surface area contributed by atoms with Crippen LogP contribution in [0.3, 0.4) is 0 Å². The van der Waals surface area contributed by atoms with Crippen molar-refractivity contribution in [1.82, 2.24) is 5.32 Å². The first-order valence-electron chi connectivity index (χ1n) is 9.38. The number of carbonyl (C=O) groups is 1. The number of hydrogen-bond donors (Lipinski definition) is 1. The van der Waals surface area contributed by atoms with Crippen LogP contribution in [0.25, 0.3) is 16.8 Å². The Labute approximate surface area is 159 Å². The summed E-state index contributed by atoms with van der Waals surface area (Å²) in [5.74, 6) is 0.0696. The molecule has 0 bridgehead atoms. The summed E-state index contributed by atoms with van der Waals surface area (Å²) < 4.78 is 0. The fourth-order valence-corrected chi connectivity index (χ4v) is 4.75. The Morgan fingerprint density at radius 2 is 1.70 bits per heavy atom. The van der Waals surface area contributed by atoms with Crippen LogP contribution in [0.4, 0.5) is 5.69 Å². The lowest BCUT2D eigenvalue weighted by molar-refractivity contribution is -0.118. The van der Waals surface area contributed by atoms with E-state index in [9.17, 15) is 4.79 Å². The van der Waals surface area contributed by atoms with Crippen molar-refractivity contribution >= 4 is 28.4 Å². The maximum atomic E-state index is 12.4. The van der Waals surface area contributed by atoms with Gasteiger partial charge in [-0.25, -0.2) is 0 Å². The standard InChI is InChI=1S/C24H22N2O/c1-23(2)20-12-5-6-13-21(20)26-16-22(27)25-24(23,26)15-14-18-10-7-9-17-8-3-4-11-19(17)18/h3-15H,16H2,1-2H3,(H,25,27)/b15-14-/t24-/m1/s1. The Bertz CT molecular complexity index is 1090. The summed E-state index contributed by atoms with van der Waals surface area (Å²) >= 11 is 0. The monoisotopic (exact) mass is 354 g/mol. The number of anilines is 1. The zero-order valence-corrected chi connectivity index (χ0v) is 15.6. The van der Waals surface area contributed by atoms with E-state index in [1.165, 1.54) is 16.3 Å². The predicted molar refractivity (Wildman–Crippen MR) is 111 cm³/mol. The second-order valence-corrected chi connectivity index (χ2v) is 7.94. The summed E-state index contributed by atoms with van der Waals surface area (Å²) in [5, 5.41) is 5.73. The lowest BCUT2D eigenvalue weighted by Crippen LogP contribution is -2.58. The van der Waals surface area contributed by atoms with E-state index in [-0.39, 0.29) is 11.3 Å². The third-order valence-corrected chi connectivity index (χ3v) is 6.21. The van der Waals surface area contributed by atoms with E-state index in [1.807, 2.05) is 6.07 Å². The molecule has 1 fully saturated rings. The lowest BCUT2D eigenvalue weighted by Gasteiger charge is -2.40. The average Bonchev–Trinajstić information content (AvgIpc) is 3.11. The van der Waals surface area contributed by atoms with Gasteiger partial charge in [-0.3, -0.25) is 4.79 Å². The molecule has 2 heterocycles. The maximum Gasteiger partial charge on any atom is 0.241 e. The molecule has 0 spiro atoms. The van der Waals surface area contributed by atoms with Crippen LogP contribution in [0, 0.1) is 0 Å². The highest BCUT2D eigenvalue weighted by atomic mass is 16.2. The molecule has 0 radical (unpaired) electrons. The summed E-state index contributed by atoms with van der Waals surface area (Å²) in [6.07, 6.45) is 4.34. The zero-order valence-electron chi connectivity index (χ0n) is 15.6. The van der Waals surface area contributed by atoms with Gasteiger partial charge in [0, 0.05) is 11.1 Å². The second-order valence-electron chi connectivity index (χ2n) is 7.94. The normalized spacial score (nSPS) is 22.9. The molecule has 0 saturated carbocycles. The molecule has 3 nitrogen and oxygen atoms in total. The van der Waals surface area contributed by atoms with Crippen molar-refractivity contribution in [2.24, 2.45) is 0 Å². The van der Waals surface area contributed by atoms with Gasteiger partial charge in [0.05, 0.1) is 6.54 Å². The van der Waals surface area contributed by atoms with Gasteiger partial charge in [-0.1, -0.05) is 80.6 Å². The Morgan fingerprint density at radius 3 is 2.59 bits per heavy atom. The minimum Gasteiger partial charge on any atom is -0.335 e. The third kappa shape index (κ3) is 2.11. The number of rotatable bonds is 2. The van der Waals surface area contributed by atoms with Crippen LogP contribution in [-0.2, 0) is 10.2 Å². The first-order chi connectivity index (χ1) is 13.0. The summed E-state index contributed by atoms with van der Waals surface area (Å²) in [5.41, 5.74) is 2.79. The molecule has 3 heteroatoms. The molecule has 27 heavy (non-hydrogen) atoms. The number of carbonyl (C=O) groups excluding carboxylic acids is 1.